The predicted molar refractivity (Wildman–Crippen MR) is 98.4 cm³/mol. The molecule has 0 unspecified atom stereocenters. The van der Waals surface area contributed by atoms with Gasteiger partial charge in [0.1, 0.15) is 12.4 Å². The van der Waals surface area contributed by atoms with E-state index in [9.17, 15) is 4.79 Å². The largest absolute Gasteiger partial charge is 0.492 e. The molecule has 0 atom stereocenters. The summed E-state index contributed by atoms with van der Waals surface area (Å²) >= 11 is 0. The van der Waals surface area contributed by atoms with Crippen LogP contribution in [0.3, 0.4) is 0 Å². The third-order valence-electron chi connectivity index (χ3n) is 5.32. The van der Waals surface area contributed by atoms with Crippen LogP contribution in [0.25, 0.3) is 0 Å². The van der Waals surface area contributed by atoms with Crippen LogP contribution in [0, 0.1) is 5.92 Å². The third kappa shape index (κ3) is 5.27. The number of benzene rings is 1. The number of carbonyl (C=O) groups is 1. The molecule has 2 heterocycles. The Balaban J connectivity index is 1.41. The molecule has 0 amide bonds. The van der Waals surface area contributed by atoms with Gasteiger partial charge in [-0.25, -0.2) is 0 Å². The number of carbonyl (C=O) groups excluding carboxylic acids is 1. The monoisotopic (exact) mass is 346 g/mol. The van der Waals surface area contributed by atoms with Gasteiger partial charge >= 0.3 is 0 Å². The zero-order valence-corrected chi connectivity index (χ0v) is 15.3. The number of nitrogens with zero attached hydrogens (tertiary/aromatic N) is 2. The van der Waals surface area contributed by atoms with E-state index < -0.39 is 0 Å². The lowest BCUT2D eigenvalue weighted by atomic mass is 9.91. The van der Waals surface area contributed by atoms with Crippen molar-refractivity contribution in [2.75, 3.05) is 59.1 Å². The van der Waals surface area contributed by atoms with Crippen molar-refractivity contribution in [3.8, 4) is 5.75 Å². The lowest BCUT2D eigenvalue weighted by Crippen LogP contribution is -2.47. The molecule has 0 N–H and O–H groups in total. The average Bonchev–Trinajstić information content (AvgIpc) is 2.69. The van der Waals surface area contributed by atoms with Crippen molar-refractivity contribution in [3.63, 3.8) is 0 Å². The van der Waals surface area contributed by atoms with Crippen molar-refractivity contribution >= 4 is 5.78 Å². The molecule has 5 nitrogen and oxygen atoms in total. The minimum absolute atomic E-state index is 0.113. The first-order valence-electron chi connectivity index (χ1n) is 9.56. The Morgan fingerprint density at radius 2 is 1.72 bits per heavy atom. The minimum Gasteiger partial charge on any atom is -0.492 e. The summed E-state index contributed by atoms with van der Waals surface area (Å²) in [6.45, 7) is 11.0. The molecule has 0 saturated carbocycles. The van der Waals surface area contributed by atoms with Crippen LogP contribution in [0.5, 0.6) is 5.75 Å². The van der Waals surface area contributed by atoms with Gasteiger partial charge in [-0.05, 0) is 43.7 Å². The first kappa shape index (κ1) is 18.4. The fourth-order valence-electron chi connectivity index (χ4n) is 3.53. The summed E-state index contributed by atoms with van der Waals surface area (Å²) in [5, 5.41) is 0. The second-order valence-corrected chi connectivity index (χ2v) is 6.90. The van der Waals surface area contributed by atoms with E-state index in [1.54, 1.807) is 0 Å². The maximum atomic E-state index is 12.5. The molecule has 2 aliphatic heterocycles. The highest BCUT2D eigenvalue weighted by molar-refractivity contribution is 5.98. The van der Waals surface area contributed by atoms with Crippen LogP contribution in [0.15, 0.2) is 24.3 Å². The number of hydrogen-bond donors (Lipinski definition) is 0. The van der Waals surface area contributed by atoms with Crippen LogP contribution < -0.4 is 4.74 Å². The fraction of sp³-hybridized carbons (Fsp3) is 0.650. The molecular formula is C20H30N2O3. The van der Waals surface area contributed by atoms with Crippen LogP contribution in [0.4, 0.5) is 0 Å². The molecule has 0 aromatic heterocycles. The smallest absolute Gasteiger partial charge is 0.166 e. The number of likely N-dealkylation sites (N-methyl/N-ethyl adjacent to an activating group) is 1. The highest BCUT2D eigenvalue weighted by atomic mass is 16.5. The zero-order chi connectivity index (χ0) is 17.5. The number of ether oxygens (including phenoxy) is 2. The quantitative estimate of drug-likeness (QED) is 0.709. The maximum Gasteiger partial charge on any atom is 0.166 e. The minimum atomic E-state index is 0.113. The van der Waals surface area contributed by atoms with E-state index >= 15 is 0 Å². The summed E-state index contributed by atoms with van der Waals surface area (Å²) in [7, 11) is 0. The van der Waals surface area contributed by atoms with E-state index in [0.29, 0.717) is 19.8 Å². The number of rotatable bonds is 7. The van der Waals surface area contributed by atoms with E-state index in [-0.39, 0.29) is 11.7 Å². The Morgan fingerprint density at radius 3 is 2.36 bits per heavy atom. The highest BCUT2D eigenvalue weighted by Gasteiger charge is 2.22. The molecule has 0 aliphatic carbocycles. The Labute approximate surface area is 150 Å². The summed E-state index contributed by atoms with van der Waals surface area (Å²) in [6, 6.07) is 7.63. The van der Waals surface area contributed by atoms with E-state index in [1.807, 2.05) is 24.3 Å². The Bertz CT molecular complexity index is 532. The van der Waals surface area contributed by atoms with E-state index in [0.717, 1.165) is 63.4 Å². The second-order valence-electron chi connectivity index (χ2n) is 6.90. The molecular weight excluding hydrogens is 316 g/mol. The molecule has 2 fully saturated rings. The molecule has 2 saturated heterocycles. The average molecular weight is 346 g/mol. The molecule has 3 rings (SSSR count). The topological polar surface area (TPSA) is 42.0 Å². The van der Waals surface area contributed by atoms with Gasteiger partial charge in [-0.3, -0.25) is 9.69 Å². The van der Waals surface area contributed by atoms with Gasteiger partial charge < -0.3 is 14.4 Å². The van der Waals surface area contributed by atoms with Gasteiger partial charge in [0.15, 0.2) is 5.78 Å². The van der Waals surface area contributed by atoms with Gasteiger partial charge in [0.2, 0.25) is 0 Å². The summed E-state index contributed by atoms with van der Waals surface area (Å²) in [5.74, 6) is 1.20. The fourth-order valence-corrected chi connectivity index (χ4v) is 3.53. The molecule has 138 valence electrons. The van der Waals surface area contributed by atoms with E-state index in [1.165, 1.54) is 0 Å². The molecule has 25 heavy (non-hydrogen) atoms. The number of piperazine rings is 1. The van der Waals surface area contributed by atoms with Crippen molar-refractivity contribution in [1.29, 1.82) is 0 Å². The van der Waals surface area contributed by atoms with Crippen LogP contribution in [-0.2, 0) is 4.74 Å². The van der Waals surface area contributed by atoms with E-state index in [2.05, 4.69) is 16.7 Å². The normalized spacial score (nSPS) is 20.5. The van der Waals surface area contributed by atoms with Gasteiger partial charge in [0.25, 0.3) is 0 Å². The van der Waals surface area contributed by atoms with Crippen molar-refractivity contribution in [3.05, 3.63) is 29.8 Å². The molecule has 0 radical (unpaired) electrons. The lowest BCUT2D eigenvalue weighted by Gasteiger charge is -2.33. The number of ketones is 1. The summed E-state index contributed by atoms with van der Waals surface area (Å²) in [4.78, 5) is 17.4. The molecule has 0 spiro atoms. The third-order valence-corrected chi connectivity index (χ3v) is 5.32. The molecule has 0 bridgehead atoms. The van der Waals surface area contributed by atoms with Gasteiger partial charge in [0, 0.05) is 57.4 Å². The Morgan fingerprint density at radius 1 is 1.08 bits per heavy atom. The predicted octanol–water partition coefficient (Wildman–Crippen LogP) is 2.31. The first-order valence-corrected chi connectivity index (χ1v) is 9.56. The SMILES string of the molecule is CCN1CCN(CCOc2ccc(C(=O)C3CCOCC3)cc2)CC1. The molecule has 2 aliphatic rings. The standard InChI is InChI=1S/C20H30N2O3/c1-2-21-9-11-22(12-10-21)13-16-25-19-5-3-17(4-6-19)20(23)18-7-14-24-15-8-18/h3-6,18H,2,7-16H2,1H3. The maximum absolute atomic E-state index is 12.5. The van der Waals surface area contributed by atoms with Crippen LogP contribution in [0.2, 0.25) is 0 Å². The zero-order valence-electron chi connectivity index (χ0n) is 15.3. The number of Topliss-reactive ketones (excluding diaryl/α,β-unsaturated/α-hetero) is 1. The first-order chi connectivity index (χ1) is 12.3. The second kappa shape index (κ2) is 9.32. The van der Waals surface area contributed by atoms with Gasteiger partial charge in [0.05, 0.1) is 0 Å². The van der Waals surface area contributed by atoms with Gasteiger partial charge in [-0.1, -0.05) is 6.92 Å². The summed E-state index contributed by atoms with van der Waals surface area (Å²) in [5.41, 5.74) is 0.787. The highest BCUT2D eigenvalue weighted by Crippen LogP contribution is 2.21. The van der Waals surface area contributed by atoms with Crippen molar-refractivity contribution < 1.29 is 14.3 Å². The lowest BCUT2D eigenvalue weighted by molar-refractivity contribution is 0.0545. The van der Waals surface area contributed by atoms with Crippen LogP contribution >= 0.6 is 0 Å². The summed E-state index contributed by atoms with van der Waals surface area (Å²) < 4.78 is 11.2. The van der Waals surface area contributed by atoms with Crippen molar-refractivity contribution in [1.82, 2.24) is 9.80 Å². The van der Waals surface area contributed by atoms with Crippen molar-refractivity contribution in [2.24, 2.45) is 5.92 Å². The molecule has 1 aromatic carbocycles. The Kier molecular flexibility index (Phi) is 6.84. The van der Waals surface area contributed by atoms with Gasteiger partial charge in [-0.15, -0.1) is 0 Å². The van der Waals surface area contributed by atoms with Crippen LogP contribution in [-0.4, -0.2) is 74.7 Å². The summed E-state index contributed by atoms with van der Waals surface area (Å²) in [6.07, 6.45) is 1.67. The van der Waals surface area contributed by atoms with E-state index in [4.69, 9.17) is 9.47 Å². The van der Waals surface area contributed by atoms with Gasteiger partial charge in [-0.2, -0.15) is 0 Å². The molecule has 1 aromatic rings. The van der Waals surface area contributed by atoms with Crippen molar-refractivity contribution in [2.45, 2.75) is 19.8 Å². The Hall–Kier alpha value is -1.43. The molecule has 5 heteroatoms. The van der Waals surface area contributed by atoms with Crippen LogP contribution in [0.1, 0.15) is 30.1 Å². The number of hydrogen-bond acceptors (Lipinski definition) is 5.